The average Bonchev–Trinajstić information content (AvgIpc) is 2.99. The molecular weight excluding hydrogens is 306 g/mol. The van der Waals surface area contributed by atoms with Gasteiger partial charge in [-0.3, -0.25) is 10.1 Å². The Labute approximate surface area is 131 Å². The lowest BCUT2D eigenvalue weighted by Crippen LogP contribution is -2.23. The second-order valence-corrected chi connectivity index (χ2v) is 5.31. The van der Waals surface area contributed by atoms with E-state index < -0.39 is 22.7 Å². The average molecular weight is 320 g/mol. The second kappa shape index (κ2) is 6.29. The van der Waals surface area contributed by atoms with Crippen molar-refractivity contribution in [3.05, 3.63) is 69.8 Å². The smallest absolute Gasteiger partial charge is 0.269 e. The van der Waals surface area contributed by atoms with Crippen molar-refractivity contribution in [2.75, 3.05) is 11.9 Å². The quantitative estimate of drug-likeness (QED) is 0.687. The van der Waals surface area contributed by atoms with Crippen LogP contribution in [0.5, 0.6) is 0 Å². The van der Waals surface area contributed by atoms with Gasteiger partial charge in [0.15, 0.2) is 11.6 Å². The molecule has 0 radical (unpaired) electrons. The Kier molecular flexibility index (Phi) is 4.20. The van der Waals surface area contributed by atoms with Crippen molar-refractivity contribution < 1.29 is 18.4 Å². The molecule has 1 aliphatic heterocycles. The summed E-state index contributed by atoms with van der Waals surface area (Å²) in [7, 11) is 0. The van der Waals surface area contributed by atoms with E-state index in [4.69, 9.17) is 4.74 Å². The molecule has 0 aliphatic carbocycles. The molecule has 0 spiro atoms. The van der Waals surface area contributed by atoms with Crippen LogP contribution in [0.1, 0.15) is 18.1 Å². The van der Waals surface area contributed by atoms with Gasteiger partial charge in [-0.2, -0.15) is 0 Å². The highest BCUT2D eigenvalue weighted by Gasteiger charge is 2.30. The van der Waals surface area contributed by atoms with Crippen molar-refractivity contribution in [1.82, 2.24) is 0 Å². The monoisotopic (exact) mass is 320 g/mol. The number of hydrogen-bond donors (Lipinski definition) is 1. The van der Waals surface area contributed by atoms with Gasteiger partial charge in [0.25, 0.3) is 5.69 Å². The third-order valence-corrected chi connectivity index (χ3v) is 3.79. The third kappa shape index (κ3) is 3.29. The topological polar surface area (TPSA) is 64.4 Å². The predicted octanol–water partition coefficient (Wildman–Crippen LogP) is 3.82. The molecule has 5 nitrogen and oxygen atoms in total. The summed E-state index contributed by atoms with van der Waals surface area (Å²) in [4.78, 5) is 10.2. The Bertz CT molecular complexity index is 722. The van der Waals surface area contributed by atoms with E-state index in [1.54, 1.807) is 12.1 Å². The van der Waals surface area contributed by atoms with Crippen LogP contribution in [0.15, 0.2) is 42.5 Å². The van der Waals surface area contributed by atoms with Gasteiger partial charge in [-0.05, 0) is 36.2 Å². The number of nitro benzene ring substituents is 1. The highest BCUT2D eigenvalue weighted by molar-refractivity contribution is 5.49. The number of nitro groups is 1. The Balaban J connectivity index is 1.76. The standard InChI is InChI=1S/C16H14F2N2O3/c17-13-6-1-10(9-14(13)18)16-15(7-8-23-16)19-11-2-4-12(5-3-11)20(21)22/h1-6,9,15-16,19H,7-8H2. The normalized spacial score (nSPS) is 20.4. The van der Waals surface area contributed by atoms with Crippen LogP contribution in [-0.2, 0) is 4.74 Å². The molecule has 0 bridgehead atoms. The van der Waals surface area contributed by atoms with E-state index in [0.29, 0.717) is 24.3 Å². The molecule has 2 atom stereocenters. The minimum absolute atomic E-state index is 0.00961. The van der Waals surface area contributed by atoms with Crippen molar-refractivity contribution in [1.29, 1.82) is 0 Å². The molecule has 120 valence electrons. The first-order chi connectivity index (χ1) is 11.0. The molecule has 0 aromatic heterocycles. The predicted molar refractivity (Wildman–Crippen MR) is 80.2 cm³/mol. The Morgan fingerprint density at radius 3 is 2.52 bits per heavy atom. The zero-order valence-corrected chi connectivity index (χ0v) is 12.0. The first-order valence-corrected chi connectivity index (χ1v) is 7.12. The van der Waals surface area contributed by atoms with Crippen molar-refractivity contribution in [3.63, 3.8) is 0 Å². The zero-order chi connectivity index (χ0) is 16.4. The molecular formula is C16H14F2N2O3. The molecule has 2 unspecified atom stereocenters. The Morgan fingerprint density at radius 1 is 1.13 bits per heavy atom. The zero-order valence-electron chi connectivity index (χ0n) is 12.0. The molecule has 1 N–H and O–H groups in total. The third-order valence-electron chi connectivity index (χ3n) is 3.79. The van der Waals surface area contributed by atoms with E-state index in [0.717, 1.165) is 12.1 Å². The fourth-order valence-electron chi connectivity index (χ4n) is 2.65. The summed E-state index contributed by atoms with van der Waals surface area (Å²) in [6.45, 7) is 0.494. The van der Waals surface area contributed by atoms with Crippen LogP contribution in [0, 0.1) is 21.7 Å². The molecule has 0 saturated carbocycles. The first-order valence-electron chi connectivity index (χ1n) is 7.12. The number of nitrogens with one attached hydrogen (secondary N) is 1. The van der Waals surface area contributed by atoms with Crippen LogP contribution in [-0.4, -0.2) is 17.6 Å². The van der Waals surface area contributed by atoms with Gasteiger partial charge in [-0.15, -0.1) is 0 Å². The number of ether oxygens (including phenoxy) is 1. The van der Waals surface area contributed by atoms with Gasteiger partial charge in [0, 0.05) is 24.4 Å². The van der Waals surface area contributed by atoms with Crippen molar-refractivity contribution in [2.45, 2.75) is 18.6 Å². The van der Waals surface area contributed by atoms with E-state index in [9.17, 15) is 18.9 Å². The van der Waals surface area contributed by atoms with Gasteiger partial charge >= 0.3 is 0 Å². The number of benzene rings is 2. The van der Waals surface area contributed by atoms with Crippen LogP contribution >= 0.6 is 0 Å². The fourth-order valence-corrected chi connectivity index (χ4v) is 2.65. The Hall–Kier alpha value is -2.54. The number of hydrogen-bond acceptors (Lipinski definition) is 4. The van der Waals surface area contributed by atoms with Crippen molar-refractivity contribution in [2.24, 2.45) is 0 Å². The number of rotatable bonds is 4. The van der Waals surface area contributed by atoms with Gasteiger partial charge in [-0.1, -0.05) is 6.07 Å². The molecule has 23 heavy (non-hydrogen) atoms. The Morgan fingerprint density at radius 2 is 1.87 bits per heavy atom. The van der Waals surface area contributed by atoms with Crippen molar-refractivity contribution in [3.8, 4) is 0 Å². The van der Waals surface area contributed by atoms with Crippen LogP contribution in [0.3, 0.4) is 0 Å². The van der Waals surface area contributed by atoms with E-state index in [1.165, 1.54) is 18.2 Å². The molecule has 1 saturated heterocycles. The molecule has 0 amide bonds. The first kappa shape index (κ1) is 15.4. The van der Waals surface area contributed by atoms with Gasteiger partial charge in [-0.25, -0.2) is 8.78 Å². The molecule has 3 rings (SSSR count). The lowest BCUT2D eigenvalue weighted by Gasteiger charge is -2.21. The summed E-state index contributed by atoms with van der Waals surface area (Å²) in [5.41, 5.74) is 1.27. The molecule has 2 aromatic carbocycles. The lowest BCUT2D eigenvalue weighted by atomic mass is 10.0. The highest BCUT2D eigenvalue weighted by Crippen LogP contribution is 2.32. The summed E-state index contributed by atoms with van der Waals surface area (Å²) >= 11 is 0. The van der Waals surface area contributed by atoms with Crippen molar-refractivity contribution >= 4 is 11.4 Å². The van der Waals surface area contributed by atoms with Gasteiger partial charge < -0.3 is 10.1 Å². The highest BCUT2D eigenvalue weighted by atomic mass is 19.2. The van der Waals surface area contributed by atoms with Gasteiger partial charge in [0.1, 0.15) is 6.10 Å². The van der Waals surface area contributed by atoms with Crippen LogP contribution in [0.4, 0.5) is 20.2 Å². The summed E-state index contributed by atoms with van der Waals surface area (Å²) in [6.07, 6.45) is 0.293. The molecule has 1 heterocycles. The van der Waals surface area contributed by atoms with Crippen LogP contribution in [0.25, 0.3) is 0 Å². The largest absolute Gasteiger partial charge is 0.379 e. The van der Waals surface area contributed by atoms with E-state index in [2.05, 4.69) is 5.32 Å². The number of anilines is 1. The summed E-state index contributed by atoms with van der Waals surface area (Å²) in [5, 5.41) is 13.9. The molecule has 7 heteroatoms. The summed E-state index contributed by atoms with van der Waals surface area (Å²) < 4.78 is 32.1. The van der Waals surface area contributed by atoms with Crippen LogP contribution < -0.4 is 5.32 Å². The summed E-state index contributed by atoms with van der Waals surface area (Å²) in [6, 6.07) is 9.62. The minimum Gasteiger partial charge on any atom is -0.379 e. The second-order valence-electron chi connectivity index (χ2n) is 5.31. The molecule has 1 fully saturated rings. The fraction of sp³-hybridized carbons (Fsp3) is 0.250. The van der Waals surface area contributed by atoms with E-state index in [-0.39, 0.29) is 11.7 Å². The van der Waals surface area contributed by atoms with Gasteiger partial charge in [0.2, 0.25) is 0 Å². The van der Waals surface area contributed by atoms with Gasteiger partial charge in [0.05, 0.1) is 11.0 Å². The lowest BCUT2D eigenvalue weighted by molar-refractivity contribution is -0.384. The van der Waals surface area contributed by atoms with E-state index >= 15 is 0 Å². The SMILES string of the molecule is O=[N+]([O-])c1ccc(NC2CCOC2c2ccc(F)c(F)c2)cc1. The summed E-state index contributed by atoms with van der Waals surface area (Å²) in [5.74, 6) is -1.81. The number of halogens is 2. The maximum Gasteiger partial charge on any atom is 0.269 e. The molecule has 1 aliphatic rings. The maximum atomic E-state index is 13.4. The van der Waals surface area contributed by atoms with E-state index in [1.807, 2.05) is 0 Å². The molecule has 2 aromatic rings. The van der Waals surface area contributed by atoms with Crippen LogP contribution in [0.2, 0.25) is 0 Å². The number of nitrogens with zero attached hydrogens (tertiary/aromatic N) is 1. The maximum absolute atomic E-state index is 13.4. The number of non-ortho nitro benzene ring substituents is 1. The minimum atomic E-state index is -0.910.